The van der Waals surface area contributed by atoms with Gasteiger partial charge in [0.2, 0.25) is 11.8 Å². The normalized spacial score (nSPS) is 11.4. The predicted molar refractivity (Wildman–Crippen MR) is 135 cm³/mol. The molecule has 0 bridgehead atoms. The highest BCUT2D eigenvalue weighted by Crippen LogP contribution is 2.22. The number of ether oxygens (including phenoxy) is 1. The van der Waals surface area contributed by atoms with Crippen molar-refractivity contribution in [2.45, 2.75) is 32.9 Å². The van der Waals surface area contributed by atoms with E-state index in [-0.39, 0.29) is 24.2 Å². The van der Waals surface area contributed by atoms with Gasteiger partial charge in [0.1, 0.15) is 12.4 Å². The van der Waals surface area contributed by atoms with Crippen molar-refractivity contribution >= 4 is 17.5 Å². The minimum absolute atomic E-state index is 0.0718. The van der Waals surface area contributed by atoms with E-state index in [0.717, 1.165) is 23.5 Å². The molecule has 3 N–H and O–H groups in total. The van der Waals surface area contributed by atoms with Gasteiger partial charge in [-0.2, -0.15) is 0 Å². The molecule has 3 aromatic carbocycles. The van der Waals surface area contributed by atoms with Crippen molar-refractivity contribution < 1.29 is 14.3 Å². The summed E-state index contributed by atoms with van der Waals surface area (Å²) < 4.78 is 5.91. The fourth-order valence-corrected chi connectivity index (χ4v) is 3.51. The Bertz CT molecular complexity index is 1020. The van der Waals surface area contributed by atoms with Gasteiger partial charge in [-0.1, -0.05) is 67.6 Å². The summed E-state index contributed by atoms with van der Waals surface area (Å²) in [5, 5.41) is 2.96. The SMILES string of the molecule is CC(CCC(=O)NCCN(Cc1ccccc1)c1ccc(OCc2ccccc2)cc1)C(N)=O. The number of primary amides is 1. The van der Waals surface area contributed by atoms with Gasteiger partial charge in [-0.15, -0.1) is 0 Å². The molecule has 0 aliphatic heterocycles. The zero-order valence-electron chi connectivity index (χ0n) is 19.7. The third kappa shape index (κ3) is 8.28. The van der Waals surface area contributed by atoms with E-state index in [1.54, 1.807) is 6.92 Å². The van der Waals surface area contributed by atoms with Crippen LogP contribution < -0.4 is 20.7 Å². The average Bonchev–Trinajstić information content (AvgIpc) is 2.87. The summed E-state index contributed by atoms with van der Waals surface area (Å²) in [6.07, 6.45) is 0.746. The number of anilines is 1. The molecule has 6 nitrogen and oxygen atoms in total. The quantitative estimate of drug-likeness (QED) is 0.399. The van der Waals surface area contributed by atoms with E-state index in [0.29, 0.717) is 26.1 Å². The van der Waals surface area contributed by atoms with E-state index in [1.165, 1.54) is 5.56 Å². The van der Waals surface area contributed by atoms with Crippen molar-refractivity contribution in [2.75, 3.05) is 18.0 Å². The second-order valence-electron chi connectivity index (χ2n) is 8.37. The fraction of sp³-hybridized carbons (Fsp3) is 0.286. The number of carbonyl (C=O) groups excluding carboxylic acids is 2. The van der Waals surface area contributed by atoms with Gasteiger partial charge in [0.05, 0.1) is 0 Å². The molecule has 0 aliphatic carbocycles. The molecule has 3 rings (SSSR count). The summed E-state index contributed by atoms with van der Waals surface area (Å²) in [7, 11) is 0. The Labute approximate surface area is 201 Å². The van der Waals surface area contributed by atoms with E-state index in [1.807, 2.05) is 72.8 Å². The van der Waals surface area contributed by atoms with Crippen molar-refractivity contribution in [3.8, 4) is 5.75 Å². The van der Waals surface area contributed by atoms with Crippen LogP contribution in [-0.4, -0.2) is 24.9 Å². The Hall–Kier alpha value is -3.80. The molecule has 0 aromatic heterocycles. The van der Waals surface area contributed by atoms with E-state index >= 15 is 0 Å². The summed E-state index contributed by atoms with van der Waals surface area (Å²) in [5.41, 5.74) is 8.63. The van der Waals surface area contributed by atoms with Crippen molar-refractivity contribution in [2.24, 2.45) is 11.7 Å². The Kier molecular flexibility index (Phi) is 9.52. The highest BCUT2D eigenvalue weighted by Gasteiger charge is 2.12. The number of amides is 2. The number of nitrogens with two attached hydrogens (primary N) is 1. The zero-order chi connectivity index (χ0) is 24.2. The molecule has 1 atom stereocenters. The summed E-state index contributed by atoms with van der Waals surface area (Å²) in [6.45, 7) is 4.14. The molecule has 1 unspecified atom stereocenters. The van der Waals surface area contributed by atoms with Crippen LogP contribution in [0.25, 0.3) is 0 Å². The van der Waals surface area contributed by atoms with Gasteiger partial charge >= 0.3 is 0 Å². The van der Waals surface area contributed by atoms with Gasteiger partial charge in [0, 0.05) is 37.7 Å². The Morgan fingerprint density at radius 2 is 1.53 bits per heavy atom. The minimum Gasteiger partial charge on any atom is -0.489 e. The number of nitrogens with zero attached hydrogens (tertiary/aromatic N) is 1. The van der Waals surface area contributed by atoms with Gasteiger partial charge in [0.15, 0.2) is 0 Å². The second-order valence-corrected chi connectivity index (χ2v) is 8.37. The predicted octanol–water partition coefficient (Wildman–Crippen LogP) is 4.29. The first kappa shape index (κ1) is 24.8. The van der Waals surface area contributed by atoms with E-state index < -0.39 is 0 Å². The van der Waals surface area contributed by atoms with Crippen LogP contribution in [0.3, 0.4) is 0 Å². The van der Waals surface area contributed by atoms with Crippen molar-refractivity contribution in [3.05, 3.63) is 96.1 Å². The first-order chi connectivity index (χ1) is 16.5. The summed E-state index contributed by atoms with van der Waals surface area (Å²) in [6, 6.07) is 28.3. The van der Waals surface area contributed by atoms with E-state index in [4.69, 9.17) is 10.5 Å². The molecule has 0 fully saturated rings. The highest BCUT2D eigenvalue weighted by atomic mass is 16.5. The van der Waals surface area contributed by atoms with Crippen molar-refractivity contribution in [1.29, 1.82) is 0 Å². The number of nitrogens with one attached hydrogen (secondary N) is 1. The van der Waals surface area contributed by atoms with Gasteiger partial charge < -0.3 is 20.7 Å². The molecule has 0 spiro atoms. The molecule has 0 saturated heterocycles. The smallest absolute Gasteiger partial charge is 0.220 e. The molecule has 34 heavy (non-hydrogen) atoms. The third-order valence-electron chi connectivity index (χ3n) is 5.66. The Balaban J connectivity index is 1.57. The molecule has 0 saturated carbocycles. The lowest BCUT2D eigenvalue weighted by molar-refractivity contribution is -0.123. The lowest BCUT2D eigenvalue weighted by atomic mass is 10.1. The molecular formula is C28H33N3O3. The van der Waals surface area contributed by atoms with Crippen LogP contribution in [0.4, 0.5) is 5.69 Å². The molecule has 3 aromatic rings. The number of benzene rings is 3. The van der Waals surface area contributed by atoms with Crippen LogP contribution in [0.1, 0.15) is 30.9 Å². The van der Waals surface area contributed by atoms with Gasteiger partial charge in [-0.25, -0.2) is 0 Å². The topological polar surface area (TPSA) is 84.7 Å². The maximum atomic E-state index is 12.2. The first-order valence-electron chi connectivity index (χ1n) is 11.6. The van der Waals surface area contributed by atoms with E-state index in [2.05, 4.69) is 22.3 Å². The summed E-state index contributed by atoms with van der Waals surface area (Å²) in [5.74, 6) is 0.0579. The average molecular weight is 460 g/mol. The number of hydrogen-bond donors (Lipinski definition) is 2. The van der Waals surface area contributed by atoms with Crippen LogP contribution in [0, 0.1) is 5.92 Å². The lowest BCUT2D eigenvalue weighted by Gasteiger charge is -2.25. The fourth-order valence-electron chi connectivity index (χ4n) is 3.51. The highest BCUT2D eigenvalue weighted by molar-refractivity contribution is 5.79. The lowest BCUT2D eigenvalue weighted by Crippen LogP contribution is -2.35. The van der Waals surface area contributed by atoms with Crippen LogP contribution in [0.15, 0.2) is 84.9 Å². The van der Waals surface area contributed by atoms with Crippen LogP contribution in [0.5, 0.6) is 5.75 Å². The first-order valence-corrected chi connectivity index (χ1v) is 11.6. The van der Waals surface area contributed by atoms with Crippen LogP contribution >= 0.6 is 0 Å². The summed E-state index contributed by atoms with van der Waals surface area (Å²) >= 11 is 0. The van der Waals surface area contributed by atoms with Crippen molar-refractivity contribution in [1.82, 2.24) is 5.32 Å². The molecule has 178 valence electrons. The van der Waals surface area contributed by atoms with Crippen LogP contribution in [-0.2, 0) is 22.7 Å². The third-order valence-corrected chi connectivity index (χ3v) is 5.66. The number of hydrogen-bond acceptors (Lipinski definition) is 4. The standard InChI is InChI=1S/C28H33N3O3/c1-22(28(29)33)12-17-27(32)30-18-19-31(20-23-8-4-2-5-9-23)25-13-15-26(16-14-25)34-21-24-10-6-3-7-11-24/h2-11,13-16,22H,12,17-21H2,1H3,(H2,29,33)(H,30,32). The molecular weight excluding hydrogens is 426 g/mol. The number of rotatable bonds is 13. The maximum Gasteiger partial charge on any atom is 0.220 e. The molecule has 0 radical (unpaired) electrons. The largest absolute Gasteiger partial charge is 0.489 e. The van der Waals surface area contributed by atoms with Gasteiger partial charge in [-0.3, -0.25) is 9.59 Å². The molecule has 2 amide bonds. The van der Waals surface area contributed by atoms with Crippen molar-refractivity contribution in [3.63, 3.8) is 0 Å². The molecule has 0 heterocycles. The Morgan fingerprint density at radius 1 is 0.912 bits per heavy atom. The van der Waals surface area contributed by atoms with Crippen LogP contribution in [0.2, 0.25) is 0 Å². The van der Waals surface area contributed by atoms with Gasteiger partial charge in [-0.05, 0) is 41.8 Å². The van der Waals surface area contributed by atoms with Gasteiger partial charge in [0.25, 0.3) is 0 Å². The maximum absolute atomic E-state index is 12.2. The molecule has 6 heteroatoms. The Morgan fingerprint density at radius 3 is 2.15 bits per heavy atom. The minimum atomic E-state index is -0.377. The number of carbonyl (C=O) groups is 2. The monoisotopic (exact) mass is 459 g/mol. The zero-order valence-corrected chi connectivity index (χ0v) is 19.7. The second kappa shape index (κ2) is 13.0. The summed E-state index contributed by atoms with van der Waals surface area (Å²) in [4.78, 5) is 25.6. The van der Waals surface area contributed by atoms with E-state index in [9.17, 15) is 9.59 Å². The molecule has 0 aliphatic rings.